The number of nitrogens with zero attached hydrogens (tertiary/aromatic N) is 1. The van der Waals surface area contributed by atoms with Crippen molar-refractivity contribution in [2.45, 2.75) is 77.3 Å². The van der Waals surface area contributed by atoms with E-state index in [1.165, 1.54) is 44.9 Å². The van der Waals surface area contributed by atoms with Crippen molar-refractivity contribution in [3.8, 4) is 0 Å². The van der Waals surface area contributed by atoms with Gasteiger partial charge in [0.25, 0.3) is 0 Å². The molecule has 1 aliphatic carbocycles. The van der Waals surface area contributed by atoms with Crippen molar-refractivity contribution in [2.75, 3.05) is 32.8 Å². The Hall–Kier alpha value is -0.120. The van der Waals surface area contributed by atoms with Crippen LogP contribution < -0.4 is 5.32 Å². The fraction of sp³-hybridized carbons (Fsp3) is 1.00. The molecule has 0 amide bonds. The lowest BCUT2D eigenvalue weighted by atomic mass is 9.81. The average molecular weight is 296 g/mol. The van der Waals surface area contributed by atoms with Gasteiger partial charge in [-0.25, -0.2) is 0 Å². The van der Waals surface area contributed by atoms with Crippen LogP contribution in [0.1, 0.15) is 65.7 Å². The SMILES string of the molecule is CCCCOCCN1CC(C)(C)NCC1C1CCCCC1. The van der Waals surface area contributed by atoms with E-state index in [9.17, 15) is 0 Å². The van der Waals surface area contributed by atoms with Crippen LogP contribution in [0.2, 0.25) is 0 Å². The Morgan fingerprint density at radius 3 is 2.62 bits per heavy atom. The number of rotatable bonds is 7. The highest BCUT2D eigenvalue weighted by Crippen LogP contribution is 2.31. The van der Waals surface area contributed by atoms with Crippen LogP contribution in [0.15, 0.2) is 0 Å². The van der Waals surface area contributed by atoms with Crippen LogP contribution in [0.25, 0.3) is 0 Å². The predicted octanol–water partition coefficient (Wildman–Crippen LogP) is 3.44. The minimum absolute atomic E-state index is 0.245. The molecule has 0 aromatic carbocycles. The first-order valence-corrected chi connectivity index (χ1v) is 9.19. The molecule has 0 spiro atoms. The molecule has 2 aliphatic rings. The lowest BCUT2D eigenvalue weighted by Crippen LogP contribution is -2.63. The van der Waals surface area contributed by atoms with E-state index in [1.807, 2.05) is 0 Å². The van der Waals surface area contributed by atoms with E-state index >= 15 is 0 Å². The standard InChI is InChI=1S/C18H36N2O/c1-4-5-12-21-13-11-20-15-18(2,3)19-14-17(20)16-9-7-6-8-10-16/h16-17,19H,4-15H2,1-3H3. The van der Waals surface area contributed by atoms with E-state index < -0.39 is 0 Å². The van der Waals surface area contributed by atoms with E-state index in [1.54, 1.807) is 0 Å². The smallest absolute Gasteiger partial charge is 0.0593 e. The molecule has 124 valence electrons. The van der Waals surface area contributed by atoms with Gasteiger partial charge in [-0.05, 0) is 39.0 Å². The van der Waals surface area contributed by atoms with Gasteiger partial charge in [0.1, 0.15) is 0 Å². The summed E-state index contributed by atoms with van der Waals surface area (Å²) in [4.78, 5) is 2.72. The van der Waals surface area contributed by atoms with Crippen molar-refractivity contribution in [2.24, 2.45) is 5.92 Å². The van der Waals surface area contributed by atoms with Gasteiger partial charge in [-0.3, -0.25) is 4.90 Å². The molecule has 1 unspecified atom stereocenters. The van der Waals surface area contributed by atoms with E-state index in [4.69, 9.17) is 4.74 Å². The highest BCUT2D eigenvalue weighted by atomic mass is 16.5. The maximum absolute atomic E-state index is 5.82. The summed E-state index contributed by atoms with van der Waals surface area (Å²) in [5, 5.41) is 3.76. The molecule has 0 aromatic rings. The maximum Gasteiger partial charge on any atom is 0.0593 e. The summed E-state index contributed by atoms with van der Waals surface area (Å²) >= 11 is 0. The van der Waals surface area contributed by atoms with E-state index in [0.29, 0.717) is 0 Å². The Bertz CT molecular complexity index is 287. The van der Waals surface area contributed by atoms with Crippen molar-refractivity contribution in [3.05, 3.63) is 0 Å². The van der Waals surface area contributed by atoms with Gasteiger partial charge in [-0.1, -0.05) is 32.6 Å². The number of hydrogen-bond acceptors (Lipinski definition) is 3. The summed E-state index contributed by atoms with van der Waals surface area (Å²) < 4.78 is 5.82. The van der Waals surface area contributed by atoms with E-state index in [-0.39, 0.29) is 5.54 Å². The van der Waals surface area contributed by atoms with Crippen molar-refractivity contribution >= 4 is 0 Å². The Balaban J connectivity index is 1.84. The van der Waals surface area contributed by atoms with Gasteiger partial charge in [0, 0.05) is 37.8 Å². The number of ether oxygens (including phenoxy) is 1. The van der Waals surface area contributed by atoms with Gasteiger partial charge in [0.05, 0.1) is 6.61 Å². The summed E-state index contributed by atoms with van der Waals surface area (Å²) in [7, 11) is 0. The second-order valence-electron chi connectivity index (χ2n) is 7.67. The summed E-state index contributed by atoms with van der Waals surface area (Å²) in [6.45, 7) is 12.1. The summed E-state index contributed by atoms with van der Waals surface area (Å²) in [5.41, 5.74) is 0.245. The highest BCUT2D eigenvalue weighted by molar-refractivity contribution is 4.95. The molecule has 3 nitrogen and oxygen atoms in total. The van der Waals surface area contributed by atoms with Gasteiger partial charge in [0.15, 0.2) is 0 Å². The molecule has 21 heavy (non-hydrogen) atoms. The normalized spacial score (nSPS) is 27.9. The molecule has 0 radical (unpaired) electrons. The molecule has 1 atom stereocenters. The molecule has 1 N–H and O–H groups in total. The Morgan fingerprint density at radius 2 is 1.90 bits per heavy atom. The number of unbranched alkanes of at least 4 members (excludes halogenated alkanes) is 1. The zero-order valence-electron chi connectivity index (χ0n) is 14.5. The molecule has 2 rings (SSSR count). The first-order chi connectivity index (χ1) is 10.1. The number of nitrogens with one attached hydrogen (secondary N) is 1. The topological polar surface area (TPSA) is 24.5 Å². The van der Waals surface area contributed by atoms with Crippen LogP contribution in [0.3, 0.4) is 0 Å². The van der Waals surface area contributed by atoms with Crippen LogP contribution >= 0.6 is 0 Å². The Morgan fingerprint density at radius 1 is 1.14 bits per heavy atom. The molecular formula is C18H36N2O. The van der Waals surface area contributed by atoms with Gasteiger partial charge in [-0.15, -0.1) is 0 Å². The third-order valence-corrected chi connectivity index (χ3v) is 5.22. The molecule has 1 aliphatic heterocycles. The van der Waals surface area contributed by atoms with Crippen LogP contribution in [0.4, 0.5) is 0 Å². The molecule has 1 saturated heterocycles. The quantitative estimate of drug-likeness (QED) is 0.728. The van der Waals surface area contributed by atoms with Crippen LogP contribution in [0.5, 0.6) is 0 Å². The van der Waals surface area contributed by atoms with E-state index in [0.717, 1.165) is 44.8 Å². The average Bonchev–Trinajstić information content (AvgIpc) is 2.47. The minimum atomic E-state index is 0.245. The highest BCUT2D eigenvalue weighted by Gasteiger charge is 2.36. The van der Waals surface area contributed by atoms with Gasteiger partial charge >= 0.3 is 0 Å². The lowest BCUT2D eigenvalue weighted by Gasteiger charge is -2.48. The first-order valence-electron chi connectivity index (χ1n) is 9.19. The third-order valence-electron chi connectivity index (χ3n) is 5.22. The fourth-order valence-electron chi connectivity index (χ4n) is 3.95. The molecule has 1 heterocycles. The number of piperazine rings is 1. The Labute approximate surface area is 131 Å². The summed E-state index contributed by atoms with van der Waals surface area (Å²) in [5.74, 6) is 0.901. The molecular weight excluding hydrogens is 260 g/mol. The zero-order valence-corrected chi connectivity index (χ0v) is 14.5. The Kier molecular flexibility index (Phi) is 6.97. The summed E-state index contributed by atoms with van der Waals surface area (Å²) in [6.07, 6.45) is 9.60. The third kappa shape index (κ3) is 5.54. The van der Waals surface area contributed by atoms with Crippen LogP contribution in [0, 0.1) is 5.92 Å². The van der Waals surface area contributed by atoms with Crippen LogP contribution in [-0.2, 0) is 4.74 Å². The van der Waals surface area contributed by atoms with E-state index in [2.05, 4.69) is 31.0 Å². The fourth-order valence-corrected chi connectivity index (χ4v) is 3.95. The van der Waals surface area contributed by atoms with Crippen molar-refractivity contribution in [1.82, 2.24) is 10.2 Å². The van der Waals surface area contributed by atoms with Crippen molar-refractivity contribution in [1.29, 1.82) is 0 Å². The van der Waals surface area contributed by atoms with Crippen molar-refractivity contribution in [3.63, 3.8) is 0 Å². The van der Waals surface area contributed by atoms with Gasteiger partial charge in [-0.2, -0.15) is 0 Å². The monoisotopic (exact) mass is 296 g/mol. The molecule has 2 fully saturated rings. The lowest BCUT2D eigenvalue weighted by molar-refractivity contribution is 0.0197. The number of hydrogen-bond donors (Lipinski definition) is 1. The maximum atomic E-state index is 5.82. The largest absolute Gasteiger partial charge is 0.380 e. The predicted molar refractivity (Wildman–Crippen MR) is 89.7 cm³/mol. The molecule has 3 heteroatoms. The zero-order chi connectivity index (χ0) is 15.1. The first kappa shape index (κ1) is 17.2. The molecule has 0 aromatic heterocycles. The minimum Gasteiger partial charge on any atom is -0.380 e. The van der Waals surface area contributed by atoms with Crippen LogP contribution in [-0.4, -0.2) is 49.3 Å². The molecule has 1 saturated carbocycles. The van der Waals surface area contributed by atoms with Gasteiger partial charge in [0.2, 0.25) is 0 Å². The molecule has 0 bridgehead atoms. The van der Waals surface area contributed by atoms with Crippen molar-refractivity contribution < 1.29 is 4.74 Å². The summed E-state index contributed by atoms with van der Waals surface area (Å²) in [6, 6.07) is 0.730. The van der Waals surface area contributed by atoms with Gasteiger partial charge < -0.3 is 10.1 Å². The second kappa shape index (κ2) is 8.50. The second-order valence-corrected chi connectivity index (χ2v) is 7.67.